The SMILES string of the molecule is O=C(C=Cc1cc(Br)ccc1F)OCC(=O)N1CCCC1=O. The van der Waals surface area contributed by atoms with Gasteiger partial charge < -0.3 is 4.74 Å². The third-order valence-corrected chi connectivity index (χ3v) is 3.56. The average molecular weight is 370 g/mol. The lowest BCUT2D eigenvalue weighted by Crippen LogP contribution is -2.35. The largest absolute Gasteiger partial charge is 0.452 e. The van der Waals surface area contributed by atoms with Gasteiger partial charge in [0.05, 0.1) is 0 Å². The molecule has 0 spiro atoms. The number of ether oxygens (including phenoxy) is 1. The highest BCUT2D eigenvalue weighted by molar-refractivity contribution is 9.10. The third-order valence-electron chi connectivity index (χ3n) is 3.07. The summed E-state index contributed by atoms with van der Waals surface area (Å²) in [5, 5.41) is 0. The molecule has 1 aliphatic heterocycles. The van der Waals surface area contributed by atoms with Crippen LogP contribution >= 0.6 is 15.9 Å². The fourth-order valence-corrected chi connectivity index (χ4v) is 2.35. The maximum absolute atomic E-state index is 13.5. The normalized spacial score (nSPS) is 14.6. The highest BCUT2D eigenvalue weighted by Gasteiger charge is 2.26. The molecule has 1 aromatic carbocycles. The molecule has 1 saturated heterocycles. The fourth-order valence-electron chi connectivity index (χ4n) is 1.97. The van der Waals surface area contributed by atoms with Crippen LogP contribution in [0.4, 0.5) is 4.39 Å². The van der Waals surface area contributed by atoms with Gasteiger partial charge in [-0.2, -0.15) is 0 Å². The quantitative estimate of drug-likeness (QED) is 0.603. The Bertz CT molecular complexity index is 644. The van der Waals surface area contributed by atoms with Gasteiger partial charge in [0.2, 0.25) is 5.91 Å². The molecule has 0 atom stereocenters. The zero-order valence-electron chi connectivity index (χ0n) is 11.6. The van der Waals surface area contributed by atoms with Crippen LogP contribution in [0.1, 0.15) is 18.4 Å². The average Bonchev–Trinajstić information content (AvgIpc) is 2.92. The Morgan fingerprint density at radius 3 is 2.86 bits per heavy atom. The Kier molecular flexibility index (Phi) is 5.43. The molecule has 0 unspecified atom stereocenters. The topological polar surface area (TPSA) is 63.7 Å². The lowest BCUT2D eigenvalue weighted by molar-refractivity contribution is -0.151. The Balaban J connectivity index is 1.87. The molecule has 0 radical (unpaired) electrons. The van der Waals surface area contributed by atoms with E-state index in [9.17, 15) is 18.8 Å². The van der Waals surface area contributed by atoms with Crippen molar-refractivity contribution in [3.05, 3.63) is 40.1 Å². The summed E-state index contributed by atoms with van der Waals surface area (Å²) in [5.41, 5.74) is 0.215. The highest BCUT2D eigenvalue weighted by Crippen LogP contribution is 2.16. The van der Waals surface area contributed by atoms with Crippen molar-refractivity contribution in [2.45, 2.75) is 12.8 Å². The molecule has 116 valence electrons. The summed E-state index contributed by atoms with van der Waals surface area (Å²) in [6.45, 7) is -0.149. The molecule has 0 bridgehead atoms. The number of rotatable bonds is 4. The number of carbonyl (C=O) groups excluding carboxylic acids is 3. The second kappa shape index (κ2) is 7.31. The summed E-state index contributed by atoms with van der Waals surface area (Å²) in [6.07, 6.45) is 3.25. The van der Waals surface area contributed by atoms with Crippen LogP contribution in [0, 0.1) is 5.82 Å². The molecule has 0 aliphatic carbocycles. The summed E-state index contributed by atoms with van der Waals surface area (Å²) in [5.74, 6) is -2.06. The van der Waals surface area contributed by atoms with Gasteiger partial charge in [-0.1, -0.05) is 15.9 Å². The number of amides is 2. The maximum Gasteiger partial charge on any atom is 0.331 e. The van der Waals surface area contributed by atoms with Crippen molar-refractivity contribution < 1.29 is 23.5 Å². The first kappa shape index (κ1) is 16.4. The minimum atomic E-state index is -0.778. The molecule has 22 heavy (non-hydrogen) atoms. The summed E-state index contributed by atoms with van der Waals surface area (Å²) in [4.78, 5) is 35.6. The summed E-state index contributed by atoms with van der Waals surface area (Å²) < 4.78 is 18.9. The van der Waals surface area contributed by atoms with Crippen LogP contribution in [0.15, 0.2) is 28.7 Å². The minimum Gasteiger partial charge on any atom is -0.452 e. The van der Waals surface area contributed by atoms with E-state index < -0.39 is 24.3 Å². The lowest BCUT2D eigenvalue weighted by atomic mass is 10.2. The van der Waals surface area contributed by atoms with E-state index in [0.29, 0.717) is 23.9 Å². The third kappa shape index (κ3) is 4.24. The van der Waals surface area contributed by atoms with Crippen molar-refractivity contribution in [1.29, 1.82) is 0 Å². The van der Waals surface area contributed by atoms with Gasteiger partial charge >= 0.3 is 5.97 Å². The number of hydrogen-bond acceptors (Lipinski definition) is 4. The predicted octanol–water partition coefficient (Wildman–Crippen LogP) is 2.29. The Morgan fingerprint density at radius 2 is 2.18 bits per heavy atom. The second-order valence-electron chi connectivity index (χ2n) is 4.65. The van der Waals surface area contributed by atoms with Gasteiger partial charge in [0.25, 0.3) is 5.91 Å². The summed E-state index contributed by atoms with van der Waals surface area (Å²) in [7, 11) is 0. The van der Waals surface area contributed by atoms with Crippen molar-refractivity contribution in [3.63, 3.8) is 0 Å². The second-order valence-corrected chi connectivity index (χ2v) is 5.57. The van der Waals surface area contributed by atoms with Gasteiger partial charge in [0, 0.05) is 29.1 Å². The molecule has 0 aromatic heterocycles. The molecule has 2 amide bonds. The van der Waals surface area contributed by atoms with E-state index in [0.717, 1.165) is 11.0 Å². The number of benzene rings is 1. The van der Waals surface area contributed by atoms with Crippen LogP contribution in [0.25, 0.3) is 6.08 Å². The van der Waals surface area contributed by atoms with Crippen molar-refractivity contribution >= 4 is 39.8 Å². The lowest BCUT2D eigenvalue weighted by Gasteiger charge is -2.12. The van der Waals surface area contributed by atoms with Crippen LogP contribution in [-0.2, 0) is 19.1 Å². The van der Waals surface area contributed by atoms with Gasteiger partial charge in [-0.25, -0.2) is 9.18 Å². The number of likely N-dealkylation sites (tertiary alicyclic amines) is 1. The van der Waals surface area contributed by atoms with Crippen LogP contribution in [0.3, 0.4) is 0 Å². The highest BCUT2D eigenvalue weighted by atomic mass is 79.9. The summed E-state index contributed by atoms with van der Waals surface area (Å²) >= 11 is 3.20. The molecule has 1 heterocycles. The first-order chi connectivity index (χ1) is 10.5. The molecule has 0 saturated carbocycles. The smallest absolute Gasteiger partial charge is 0.331 e. The molecule has 1 aromatic rings. The molecule has 0 N–H and O–H groups in total. The van der Waals surface area contributed by atoms with Crippen molar-refractivity contribution in [3.8, 4) is 0 Å². The first-order valence-electron chi connectivity index (χ1n) is 6.60. The Hall–Kier alpha value is -2.02. The Morgan fingerprint density at radius 1 is 1.41 bits per heavy atom. The van der Waals surface area contributed by atoms with Gasteiger partial charge in [0.15, 0.2) is 6.61 Å². The molecule has 1 aliphatic rings. The molecule has 5 nitrogen and oxygen atoms in total. The van der Waals surface area contributed by atoms with Gasteiger partial charge in [0.1, 0.15) is 5.82 Å². The number of imide groups is 1. The van der Waals surface area contributed by atoms with E-state index in [1.165, 1.54) is 24.3 Å². The number of carbonyl (C=O) groups is 3. The van der Waals surface area contributed by atoms with Crippen LogP contribution in [0.5, 0.6) is 0 Å². The predicted molar refractivity (Wildman–Crippen MR) is 80.0 cm³/mol. The fraction of sp³-hybridized carbons (Fsp3) is 0.267. The minimum absolute atomic E-state index is 0.215. The van der Waals surface area contributed by atoms with E-state index in [1.807, 2.05) is 0 Å². The molecule has 7 heteroatoms. The van der Waals surface area contributed by atoms with E-state index >= 15 is 0 Å². The standard InChI is InChI=1S/C15H13BrFNO4/c16-11-4-5-12(17)10(8-11)3-6-15(21)22-9-14(20)18-7-1-2-13(18)19/h3-6,8H,1-2,7,9H2. The van der Waals surface area contributed by atoms with Crippen LogP contribution < -0.4 is 0 Å². The van der Waals surface area contributed by atoms with Crippen LogP contribution in [-0.4, -0.2) is 35.8 Å². The monoisotopic (exact) mass is 369 g/mol. The first-order valence-corrected chi connectivity index (χ1v) is 7.40. The molecular formula is C15H13BrFNO4. The molecular weight excluding hydrogens is 357 g/mol. The van der Waals surface area contributed by atoms with Gasteiger partial charge in [-0.05, 0) is 30.7 Å². The summed E-state index contributed by atoms with van der Waals surface area (Å²) in [6, 6.07) is 4.31. The zero-order chi connectivity index (χ0) is 16.1. The molecule has 1 fully saturated rings. The van der Waals surface area contributed by atoms with E-state index in [4.69, 9.17) is 4.74 Å². The number of hydrogen-bond donors (Lipinski definition) is 0. The molecule has 2 rings (SSSR count). The van der Waals surface area contributed by atoms with Crippen LogP contribution in [0.2, 0.25) is 0 Å². The van der Waals surface area contributed by atoms with Crippen molar-refractivity contribution in [2.24, 2.45) is 0 Å². The Labute approximate surface area is 134 Å². The van der Waals surface area contributed by atoms with Gasteiger partial charge in [-0.3, -0.25) is 14.5 Å². The van der Waals surface area contributed by atoms with E-state index in [2.05, 4.69) is 15.9 Å². The van der Waals surface area contributed by atoms with E-state index in [-0.39, 0.29) is 11.5 Å². The number of esters is 1. The van der Waals surface area contributed by atoms with Crippen molar-refractivity contribution in [1.82, 2.24) is 4.90 Å². The van der Waals surface area contributed by atoms with Gasteiger partial charge in [-0.15, -0.1) is 0 Å². The number of nitrogens with zero attached hydrogens (tertiary/aromatic N) is 1. The van der Waals surface area contributed by atoms with Crippen molar-refractivity contribution in [2.75, 3.05) is 13.2 Å². The number of halogens is 2. The maximum atomic E-state index is 13.5. The van der Waals surface area contributed by atoms with E-state index in [1.54, 1.807) is 0 Å². The zero-order valence-corrected chi connectivity index (χ0v) is 13.1.